The van der Waals surface area contributed by atoms with Crippen molar-refractivity contribution in [1.82, 2.24) is 9.55 Å². The monoisotopic (exact) mass is 234 g/mol. The number of terminal acetylenes is 1. The Bertz CT molecular complexity index is 491. The minimum atomic E-state index is 0.254. The maximum Gasteiger partial charge on any atom is 0.207 e. The van der Waals surface area contributed by atoms with Crippen LogP contribution >= 0.6 is 11.6 Å². The van der Waals surface area contributed by atoms with E-state index >= 15 is 0 Å². The van der Waals surface area contributed by atoms with E-state index in [4.69, 9.17) is 23.3 Å². The van der Waals surface area contributed by atoms with Gasteiger partial charge in [0.05, 0.1) is 0 Å². The van der Waals surface area contributed by atoms with Crippen molar-refractivity contribution in [3.05, 3.63) is 10.8 Å². The molecule has 1 aliphatic rings. The second-order valence-corrected chi connectivity index (χ2v) is 4.18. The zero-order valence-corrected chi connectivity index (χ0v) is 9.70. The number of nitrogens with zero attached hydrogens (tertiary/aromatic N) is 4. The number of hydrogen-bond acceptors (Lipinski definition) is 3. The third-order valence-electron chi connectivity index (χ3n) is 2.84. The highest BCUT2D eigenvalue weighted by Crippen LogP contribution is 2.26. The van der Waals surface area contributed by atoms with E-state index in [-0.39, 0.29) is 11.1 Å². The van der Waals surface area contributed by atoms with E-state index in [9.17, 15) is 0 Å². The van der Waals surface area contributed by atoms with Crippen molar-refractivity contribution in [1.29, 1.82) is 5.26 Å². The molecule has 1 atom stereocenters. The lowest BCUT2D eigenvalue weighted by atomic mass is 10.1. The molecule has 5 heteroatoms. The molecule has 2 heterocycles. The lowest BCUT2D eigenvalue weighted by Crippen LogP contribution is -2.22. The lowest BCUT2D eigenvalue weighted by molar-refractivity contribution is 0.759. The predicted octanol–water partition coefficient (Wildman–Crippen LogP) is 1.40. The normalized spacial score (nSPS) is 19.5. The van der Waals surface area contributed by atoms with Gasteiger partial charge in [-0.3, -0.25) is 0 Å². The van der Waals surface area contributed by atoms with Gasteiger partial charge in [0.1, 0.15) is 6.07 Å². The van der Waals surface area contributed by atoms with Crippen molar-refractivity contribution in [3.8, 4) is 18.4 Å². The molecule has 1 aromatic rings. The summed E-state index contributed by atoms with van der Waals surface area (Å²) in [5.41, 5.74) is 0.390. The predicted molar refractivity (Wildman–Crippen MR) is 62.1 cm³/mol. The van der Waals surface area contributed by atoms with Crippen LogP contribution in [0.15, 0.2) is 0 Å². The molecular formula is C11H11ClN4. The summed E-state index contributed by atoms with van der Waals surface area (Å²) in [5.74, 6) is 3.73. The first-order valence-electron chi connectivity index (χ1n) is 5.00. The zero-order chi connectivity index (χ0) is 11.7. The number of aromatic nitrogens is 2. The van der Waals surface area contributed by atoms with Gasteiger partial charge < -0.3 is 9.47 Å². The first-order valence-corrected chi connectivity index (χ1v) is 5.38. The molecular weight excluding hydrogens is 224 g/mol. The van der Waals surface area contributed by atoms with Crippen molar-refractivity contribution in [3.63, 3.8) is 0 Å². The molecule has 16 heavy (non-hydrogen) atoms. The van der Waals surface area contributed by atoms with Gasteiger partial charge in [-0.1, -0.05) is 11.6 Å². The van der Waals surface area contributed by atoms with Crippen LogP contribution in [0.5, 0.6) is 0 Å². The smallest absolute Gasteiger partial charge is 0.207 e. The molecule has 82 valence electrons. The van der Waals surface area contributed by atoms with Crippen LogP contribution < -0.4 is 4.90 Å². The van der Waals surface area contributed by atoms with Crippen LogP contribution in [0.25, 0.3) is 0 Å². The summed E-state index contributed by atoms with van der Waals surface area (Å²) in [4.78, 5) is 6.26. The fourth-order valence-corrected chi connectivity index (χ4v) is 2.18. The highest BCUT2D eigenvalue weighted by Gasteiger charge is 2.25. The summed E-state index contributed by atoms with van der Waals surface area (Å²) >= 11 is 5.88. The topological polar surface area (TPSA) is 44.9 Å². The van der Waals surface area contributed by atoms with Crippen LogP contribution in [0.4, 0.5) is 5.95 Å². The first kappa shape index (κ1) is 10.9. The highest BCUT2D eigenvalue weighted by molar-refractivity contribution is 6.30. The number of rotatable bonds is 1. The number of halogens is 1. The molecule has 0 bridgehead atoms. The van der Waals surface area contributed by atoms with Crippen LogP contribution in [0.3, 0.4) is 0 Å². The average molecular weight is 235 g/mol. The van der Waals surface area contributed by atoms with Gasteiger partial charge in [-0.25, -0.2) is 0 Å². The van der Waals surface area contributed by atoms with Crippen molar-refractivity contribution >= 4 is 17.5 Å². The van der Waals surface area contributed by atoms with E-state index in [0.29, 0.717) is 5.69 Å². The standard InChI is InChI=1S/C11H11ClN4/c1-3-8-4-5-16(7-8)11-14-10(12)9(6-13)15(11)2/h1,8H,4-5,7H2,2H3. The SMILES string of the molecule is C#CC1CCN(c2nc(Cl)c(C#N)n2C)C1. The summed E-state index contributed by atoms with van der Waals surface area (Å²) < 4.78 is 1.71. The van der Waals surface area contributed by atoms with Crippen molar-refractivity contribution < 1.29 is 0 Å². The molecule has 0 aromatic carbocycles. The number of nitriles is 1. The Morgan fingerprint density at radius 3 is 2.88 bits per heavy atom. The Morgan fingerprint density at radius 2 is 2.38 bits per heavy atom. The number of hydrogen-bond donors (Lipinski definition) is 0. The highest BCUT2D eigenvalue weighted by atomic mass is 35.5. The van der Waals surface area contributed by atoms with Gasteiger partial charge >= 0.3 is 0 Å². The molecule has 0 radical (unpaired) electrons. The molecule has 0 spiro atoms. The molecule has 0 N–H and O–H groups in total. The second-order valence-electron chi connectivity index (χ2n) is 3.82. The molecule has 0 aliphatic carbocycles. The van der Waals surface area contributed by atoms with Crippen LogP contribution in [0, 0.1) is 29.6 Å². The van der Waals surface area contributed by atoms with Gasteiger partial charge in [-0.05, 0) is 6.42 Å². The summed E-state index contributed by atoms with van der Waals surface area (Å²) in [6.07, 6.45) is 6.35. The van der Waals surface area contributed by atoms with E-state index < -0.39 is 0 Å². The van der Waals surface area contributed by atoms with Crippen molar-refractivity contribution in [2.45, 2.75) is 6.42 Å². The summed E-state index contributed by atoms with van der Waals surface area (Å²) in [7, 11) is 1.79. The Morgan fingerprint density at radius 1 is 1.62 bits per heavy atom. The van der Waals surface area contributed by atoms with Gasteiger partial charge in [0.15, 0.2) is 10.8 Å². The Labute approximate surface area is 99.4 Å². The van der Waals surface area contributed by atoms with Crippen molar-refractivity contribution in [2.75, 3.05) is 18.0 Å². The van der Waals surface area contributed by atoms with Gasteiger partial charge in [-0.15, -0.1) is 12.3 Å². The number of imidazole rings is 1. The molecule has 1 fully saturated rings. The largest absolute Gasteiger partial charge is 0.341 e. The zero-order valence-electron chi connectivity index (χ0n) is 8.94. The summed E-state index contributed by atoms with van der Waals surface area (Å²) in [6.45, 7) is 1.64. The third-order valence-corrected chi connectivity index (χ3v) is 3.11. The molecule has 1 aliphatic heterocycles. The maximum absolute atomic E-state index is 8.91. The maximum atomic E-state index is 8.91. The minimum absolute atomic E-state index is 0.254. The molecule has 1 unspecified atom stereocenters. The van der Waals surface area contributed by atoms with Crippen molar-refractivity contribution in [2.24, 2.45) is 13.0 Å². The average Bonchev–Trinajstić information content (AvgIpc) is 2.83. The Kier molecular flexibility index (Phi) is 2.77. The molecule has 1 saturated heterocycles. The van der Waals surface area contributed by atoms with Crippen LogP contribution in [0.2, 0.25) is 5.15 Å². The molecule has 2 rings (SSSR count). The fraction of sp³-hybridized carbons (Fsp3) is 0.455. The van der Waals surface area contributed by atoms with Gasteiger partial charge in [-0.2, -0.15) is 10.2 Å². The van der Waals surface area contributed by atoms with Crippen LogP contribution in [0.1, 0.15) is 12.1 Å². The second kappa shape index (κ2) is 4.08. The molecule has 1 aromatic heterocycles. The summed E-state index contributed by atoms with van der Waals surface area (Å²) in [5, 5.41) is 9.16. The number of anilines is 1. The van der Waals surface area contributed by atoms with E-state index in [2.05, 4.69) is 15.8 Å². The van der Waals surface area contributed by atoms with Crippen LogP contribution in [-0.4, -0.2) is 22.6 Å². The van der Waals surface area contributed by atoms with E-state index in [0.717, 1.165) is 25.5 Å². The molecule has 4 nitrogen and oxygen atoms in total. The Balaban J connectivity index is 2.30. The van der Waals surface area contributed by atoms with Gasteiger partial charge in [0, 0.05) is 26.1 Å². The molecule has 0 saturated carbocycles. The van der Waals surface area contributed by atoms with Gasteiger partial charge in [0.25, 0.3) is 0 Å². The third kappa shape index (κ3) is 1.62. The minimum Gasteiger partial charge on any atom is -0.341 e. The Hall–Kier alpha value is -1.65. The summed E-state index contributed by atoms with van der Waals surface area (Å²) in [6, 6.07) is 2.03. The van der Waals surface area contributed by atoms with Gasteiger partial charge in [0.2, 0.25) is 5.95 Å². The first-order chi connectivity index (χ1) is 7.67. The fourth-order valence-electron chi connectivity index (χ4n) is 1.94. The van der Waals surface area contributed by atoms with Crippen LogP contribution in [-0.2, 0) is 7.05 Å². The van der Waals surface area contributed by atoms with E-state index in [1.54, 1.807) is 11.6 Å². The van der Waals surface area contributed by atoms with E-state index in [1.807, 2.05) is 6.07 Å². The lowest BCUT2D eigenvalue weighted by Gasteiger charge is -2.16. The quantitative estimate of drug-likeness (QED) is 0.690. The molecule has 0 amide bonds. The van der Waals surface area contributed by atoms with E-state index in [1.165, 1.54) is 0 Å².